The Bertz CT molecular complexity index is 1180. The van der Waals surface area contributed by atoms with Crippen LogP contribution in [0.5, 0.6) is 11.5 Å². The molecule has 0 fully saturated rings. The zero-order valence-corrected chi connectivity index (χ0v) is 22.4. The maximum atomic E-state index is 13.8. The Kier molecular flexibility index (Phi) is 8.15. The van der Waals surface area contributed by atoms with E-state index in [9.17, 15) is 9.90 Å². The third-order valence-corrected chi connectivity index (χ3v) is 7.54. The highest BCUT2D eigenvalue weighted by molar-refractivity contribution is 6.08. The van der Waals surface area contributed by atoms with Crippen molar-refractivity contribution in [3.63, 3.8) is 0 Å². The minimum Gasteiger partial charge on any atom is -0.507 e. The van der Waals surface area contributed by atoms with Crippen LogP contribution in [0.4, 0.5) is 0 Å². The molecular weight excluding hydrogens is 434 g/mol. The number of hydroxylamine groups is 2. The first-order valence-electron chi connectivity index (χ1n) is 12.9. The van der Waals surface area contributed by atoms with Gasteiger partial charge >= 0.3 is 0 Å². The molecule has 0 atom stereocenters. The summed E-state index contributed by atoms with van der Waals surface area (Å²) in [6.45, 7) is 16.0. The van der Waals surface area contributed by atoms with Gasteiger partial charge in [-0.1, -0.05) is 91.3 Å². The highest BCUT2D eigenvalue weighted by Gasteiger charge is 2.29. The van der Waals surface area contributed by atoms with Crippen LogP contribution in [0.2, 0.25) is 0 Å². The number of rotatable bonds is 10. The summed E-state index contributed by atoms with van der Waals surface area (Å²) in [4.78, 5) is 20.3. The van der Waals surface area contributed by atoms with E-state index in [0.29, 0.717) is 17.5 Å². The molecule has 3 aromatic carbocycles. The minimum absolute atomic E-state index is 0.0553. The van der Waals surface area contributed by atoms with E-state index < -0.39 is 0 Å². The van der Waals surface area contributed by atoms with Gasteiger partial charge in [-0.15, -0.1) is 0 Å². The van der Waals surface area contributed by atoms with Gasteiger partial charge in [-0.25, -0.2) is 0 Å². The van der Waals surface area contributed by atoms with Crippen molar-refractivity contribution in [2.75, 3.05) is 6.54 Å². The summed E-state index contributed by atoms with van der Waals surface area (Å²) in [5.41, 5.74) is 2.86. The lowest BCUT2D eigenvalue weighted by Gasteiger charge is -2.32. The van der Waals surface area contributed by atoms with Crippen molar-refractivity contribution in [2.45, 2.75) is 85.0 Å². The van der Waals surface area contributed by atoms with Crippen molar-refractivity contribution in [3.05, 3.63) is 71.3 Å². The molecule has 0 aliphatic rings. The maximum absolute atomic E-state index is 13.8. The molecule has 0 aromatic heterocycles. The van der Waals surface area contributed by atoms with Crippen LogP contribution in [0, 0.1) is 0 Å². The fraction of sp³-hybridized carbons (Fsp3) is 0.452. The van der Waals surface area contributed by atoms with Crippen LogP contribution in [0.3, 0.4) is 0 Å². The van der Waals surface area contributed by atoms with Crippen LogP contribution in [0.25, 0.3) is 10.8 Å². The number of carbonyl (C=O) groups is 1. The Morgan fingerprint density at radius 3 is 2.17 bits per heavy atom. The van der Waals surface area contributed by atoms with Gasteiger partial charge in [0.15, 0.2) is 5.75 Å². The SMILES string of the molecule is CCCCN(Oc1ccc(C(C)(C)CC)cc1C(C)(C)CC)C(=O)c1ccc(O)c2ccccc12. The molecule has 1 N–H and O–H groups in total. The number of carbonyl (C=O) groups excluding carboxylic acids is 1. The molecule has 4 nitrogen and oxygen atoms in total. The second kappa shape index (κ2) is 10.7. The van der Waals surface area contributed by atoms with E-state index in [2.05, 4.69) is 60.6 Å². The van der Waals surface area contributed by atoms with E-state index >= 15 is 0 Å². The van der Waals surface area contributed by atoms with E-state index in [1.807, 2.05) is 30.3 Å². The largest absolute Gasteiger partial charge is 0.507 e. The van der Waals surface area contributed by atoms with Gasteiger partial charge in [0.05, 0.1) is 12.1 Å². The maximum Gasteiger partial charge on any atom is 0.287 e. The third kappa shape index (κ3) is 5.63. The van der Waals surface area contributed by atoms with Gasteiger partial charge in [0, 0.05) is 10.9 Å². The van der Waals surface area contributed by atoms with Gasteiger partial charge in [-0.05, 0) is 59.2 Å². The molecule has 0 saturated heterocycles. The van der Waals surface area contributed by atoms with Crippen molar-refractivity contribution in [3.8, 4) is 11.5 Å². The second-order valence-corrected chi connectivity index (χ2v) is 10.7. The lowest BCUT2D eigenvalue weighted by molar-refractivity contribution is -0.0348. The molecule has 3 rings (SSSR count). The van der Waals surface area contributed by atoms with Gasteiger partial charge in [0.25, 0.3) is 5.91 Å². The number of amides is 1. The number of fused-ring (bicyclic) bond motifs is 1. The molecule has 4 heteroatoms. The zero-order valence-electron chi connectivity index (χ0n) is 22.4. The van der Waals surface area contributed by atoms with Crippen LogP contribution in [-0.4, -0.2) is 22.6 Å². The topological polar surface area (TPSA) is 49.8 Å². The lowest BCUT2D eigenvalue weighted by Crippen LogP contribution is -2.36. The lowest BCUT2D eigenvalue weighted by atomic mass is 9.76. The van der Waals surface area contributed by atoms with Crippen LogP contribution >= 0.6 is 0 Å². The number of phenols is 1. The average Bonchev–Trinajstić information content (AvgIpc) is 2.86. The van der Waals surface area contributed by atoms with Crippen molar-refractivity contribution in [1.29, 1.82) is 0 Å². The first-order valence-corrected chi connectivity index (χ1v) is 12.9. The molecule has 0 spiro atoms. The average molecular weight is 476 g/mol. The summed E-state index contributed by atoms with van der Waals surface area (Å²) in [5, 5.41) is 13.2. The molecule has 0 aliphatic carbocycles. The molecule has 188 valence electrons. The molecular formula is C31H41NO3. The molecule has 3 aromatic rings. The van der Waals surface area contributed by atoms with Crippen molar-refractivity contribution in [2.24, 2.45) is 0 Å². The normalized spacial score (nSPS) is 12.1. The molecule has 35 heavy (non-hydrogen) atoms. The van der Waals surface area contributed by atoms with E-state index in [0.717, 1.165) is 42.4 Å². The van der Waals surface area contributed by atoms with Crippen molar-refractivity contribution >= 4 is 16.7 Å². The number of unbranched alkanes of at least 4 members (excludes halogenated alkanes) is 1. The van der Waals surface area contributed by atoms with Gasteiger partial charge in [-0.3, -0.25) is 4.79 Å². The molecule has 1 amide bonds. The van der Waals surface area contributed by atoms with Gasteiger partial charge in [0.2, 0.25) is 0 Å². The molecule has 0 heterocycles. The summed E-state index contributed by atoms with van der Waals surface area (Å²) >= 11 is 0. The summed E-state index contributed by atoms with van der Waals surface area (Å²) in [6, 6.07) is 17.1. The summed E-state index contributed by atoms with van der Waals surface area (Å²) in [6.07, 6.45) is 3.76. The third-order valence-electron chi connectivity index (χ3n) is 7.54. The highest BCUT2D eigenvalue weighted by Crippen LogP contribution is 2.39. The molecule has 0 bridgehead atoms. The summed E-state index contributed by atoms with van der Waals surface area (Å²) in [7, 11) is 0. The Balaban J connectivity index is 2.07. The van der Waals surface area contributed by atoms with E-state index in [4.69, 9.17) is 4.84 Å². The smallest absolute Gasteiger partial charge is 0.287 e. The number of nitrogens with zero attached hydrogens (tertiary/aromatic N) is 1. The number of aromatic hydroxyl groups is 1. The number of hydrogen-bond acceptors (Lipinski definition) is 3. The van der Waals surface area contributed by atoms with E-state index in [1.54, 1.807) is 12.1 Å². The Hall–Kier alpha value is -3.01. The number of benzene rings is 3. The minimum atomic E-state index is -0.201. The van der Waals surface area contributed by atoms with E-state index in [1.165, 1.54) is 10.6 Å². The summed E-state index contributed by atoms with van der Waals surface area (Å²) in [5.74, 6) is 0.687. The van der Waals surface area contributed by atoms with E-state index in [-0.39, 0.29) is 22.5 Å². The Morgan fingerprint density at radius 2 is 1.54 bits per heavy atom. The van der Waals surface area contributed by atoms with Crippen LogP contribution < -0.4 is 4.84 Å². The molecule has 0 saturated carbocycles. The first kappa shape index (κ1) is 26.6. The zero-order chi connectivity index (χ0) is 25.8. The molecule has 0 unspecified atom stereocenters. The van der Waals surface area contributed by atoms with Gasteiger partial charge in [0.1, 0.15) is 5.75 Å². The predicted molar refractivity (Wildman–Crippen MR) is 145 cm³/mol. The summed E-state index contributed by atoms with van der Waals surface area (Å²) < 4.78 is 0. The quantitative estimate of drug-likeness (QED) is 0.301. The van der Waals surface area contributed by atoms with Crippen LogP contribution in [-0.2, 0) is 10.8 Å². The second-order valence-electron chi connectivity index (χ2n) is 10.7. The Morgan fingerprint density at radius 1 is 0.886 bits per heavy atom. The molecule has 0 radical (unpaired) electrons. The Labute approximate surface area is 210 Å². The van der Waals surface area contributed by atoms with Crippen LogP contribution in [0.15, 0.2) is 54.6 Å². The van der Waals surface area contributed by atoms with Crippen LogP contribution in [0.1, 0.15) is 95.6 Å². The monoisotopic (exact) mass is 475 g/mol. The van der Waals surface area contributed by atoms with Crippen molar-refractivity contribution < 1.29 is 14.7 Å². The predicted octanol–water partition coefficient (Wildman–Crippen LogP) is 8.16. The number of hydrogen-bond donors (Lipinski definition) is 1. The van der Waals surface area contributed by atoms with Gasteiger partial charge in [-0.2, -0.15) is 5.06 Å². The van der Waals surface area contributed by atoms with Crippen molar-refractivity contribution in [1.82, 2.24) is 5.06 Å². The molecule has 0 aliphatic heterocycles. The standard InChI is InChI=1S/C31H41NO3/c1-8-11-20-32(29(34)25-17-18-27(33)24-15-13-12-14-23(24)25)35-28-19-16-22(30(4,5)9-2)21-26(28)31(6,7)10-3/h12-19,21,33H,8-11,20H2,1-7H3. The van der Waals surface area contributed by atoms with Gasteiger partial charge < -0.3 is 9.94 Å². The highest BCUT2D eigenvalue weighted by atomic mass is 16.7. The fourth-order valence-electron chi connectivity index (χ4n) is 4.17. The number of phenolic OH excluding ortho intramolecular Hbond substituents is 1. The first-order chi connectivity index (χ1) is 16.6. The fourth-order valence-corrected chi connectivity index (χ4v) is 4.17.